The van der Waals surface area contributed by atoms with E-state index in [0.717, 1.165) is 25.3 Å². The SMILES string of the molecule is Cl.N#Cc1cccc(S(=O)(=O)N2CCC(NCC3CC3)CC2)c1. The van der Waals surface area contributed by atoms with Crippen LogP contribution in [0.5, 0.6) is 0 Å². The van der Waals surface area contributed by atoms with Crippen molar-refractivity contribution in [1.29, 1.82) is 5.26 Å². The summed E-state index contributed by atoms with van der Waals surface area (Å²) >= 11 is 0. The Labute approximate surface area is 144 Å². The van der Waals surface area contributed by atoms with Gasteiger partial charge >= 0.3 is 0 Å². The molecule has 0 unspecified atom stereocenters. The quantitative estimate of drug-likeness (QED) is 0.878. The molecule has 1 aliphatic carbocycles. The monoisotopic (exact) mass is 355 g/mol. The molecule has 1 saturated carbocycles. The van der Waals surface area contributed by atoms with E-state index in [4.69, 9.17) is 5.26 Å². The van der Waals surface area contributed by atoms with E-state index in [0.29, 0.717) is 24.7 Å². The van der Waals surface area contributed by atoms with Crippen LogP contribution in [-0.4, -0.2) is 38.4 Å². The van der Waals surface area contributed by atoms with Crippen LogP contribution in [0, 0.1) is 17.2 Å². The molecule has 23 heavy (non-hydrogen) atoms. The average molecular weight is 356 g/mol. The van der Waals surface area contributed by atoms with E-state index in [-0.39, 0.29) is 17.3 Å². The fourth-order valence-corrected chi connectivity index (χ4v) is 4.35. The molecule has 126 valence electrons. The molecular weight excluding hydrogens is 334 g/mol. The molecule has 1 heterocycles. The van der Waals surface area contributed by atoms with Crippen molar-refractivity contribution < 1.29 is 8.42 Å². The van der Waals surface area contributed by atoms with Crippen molar-refractivity contribution in [3.05, 3.63) is 29.8 Å². The van der Waals surface area contributed by atoms with Crippen LogP contribution < -0.4 is 5.32 Å². The number of piperidine rings is 1. The summed E-state index contributed by atoms with van der Waals surface area (Å²) < 4.78 is 26.8. The number of hydrogen-bond donors (Lipinski definition) is 1. The topological polar surface area (TPSA) is 73.2 Å². The number of halogens is 1. The third-order valence-electron chi connectivity index (χ3n) is 4.45. The Hall–Kier alpha value is -1.13. The van der Waals surface area contributed by atoms with Crippen molar-refractivity contribution in [2.45, 2.75) is 36.6 Å². The molecule has 1 N–H and O–H groups in total. The first-order chi connectivity index (χ1) is 10.6. The molecule has 0 amide bonds. The average Bonchev–Trinajstić information content (AvgIpc) is 3.38. The van der Waals surface area contributed by atoms with Gasteiger partial charge in [0.05, 0.1) is 16.5 Å². The van der Waals surface area contributed by atoms with E-state index in [1.807, 2.05) is 6.07 Å². The number of nitrogens with one attached hydrogen (secondary N) is 1. The first kappa shape index (κ1) is 18.2. The van der Waals surface area contributed by atoms with Crippen molar-refractivity contribution in [2.24, 2.45) is 5.92 Å². The van der Waals surface area contributed by atoms with Crippen molar-refractivity contribution >= 4 is 22.4 Å². The van der Waals surface area contributed by atoms with Crippen LogP contribution in [0.1, 0.15) is 31.2 Å². The molecule has 5 nitrogen and oxygen atoms in total. The zero-order valence-electron chi connectivity index (χ0n) is 12.9. The zero-order chi connectivity index (χ0) is 15.6. The van der Waals surface area contributed by atoms with Gasteiger partial charge in [0.25, 0.3) is 0 Å². The van der Waals surface area contributed by atoms with Crippen molar-refractivity contribution in [2.75, 3.05) is 19.6 Å². The van der Waals surface area contributed by atoms with Gasteiger partial charge in [-0.25, -0.2) is 8.42 Å². The molecule has 2 fully saturated rings. The Bertz CT molecular complexity index is 675. The maximum atomic E-state index is 12.6. The summed E-state index contributed by atoms with van der Waals surface area (Å²) in [5, 5.41) is 12.5. The lowest BCUT2D eigenvalue weighted by Gasteiger charge is -2.31. The third-order valence-corrected chi connectivity index (χ3v) is 6.34. The lowest BCUT2D eigenvalue weighted by molar-refractivity contribution is 0.288. The van der Waals surface area contributed by atoms with Crippen LogP contribution in [-0.2, 0) is 10.0 Å². The van der Waals surface area contributed by atoms with Gasteiger partial charge in [-0.05, 0) is 56.3 Å². The molecule has 1 aliphatic heterocycles. The molecule has 1 aromatic carbocycles. The molecule has 7 heteroatoms. The Kier molecular flexibility index (Phi) is 6.04. The van der Waals surface area contributed by atoms with Gasteiger partial charge < -0.3 is 5.32 Å². The molecule has 0 bridgehead atoms. The minimum absolute atomic E-state index is 0. The largest absolute Gasteiger partial charge is 0.314 e. The smallest absolute Gasteiger partial charge is 0.243 e. The Balaban J connectivity index is 0.00000192. The highest BCUT2D eigenvalue weighted by Gasteiger charge is 2.30. The molecule has 1 saturated heterocycles. The zero-order valence-corrected chi connectivity index (χ0v) is 14.6. The second kappa shape index (κ2) is 7.63. The van der Waals surface area contributed by atoms with E-state index >= 15 is 0 Å². The number of sulfonamides is 1. The Morgan fingerprint density at radius 1 is 1.22 bits per heavy atom. The van der Waals surface area contributed by atoms with E-state index in [1.165, 1.54) is 18.9 Å². The third kappa shape index (κ3) is 4.45. The molecule has 0 spiro atoms. The molecule has 0 aromatic heterocycles. The highest BCUT2D eigenvalue weighted by Crippen LogP contribution is 2.28. The predicted octanol–water partition coefficient (Wildman–Crippen LogP) is 2.13. The number of hydrogen-bond acceptors (Lipinski definition) is 4. The fourth-order valence-electron chi connectivity index (χ4n) is 2.83. The molecule has 0 radical (unpaired) electrons. The van der Waals surface area contributed by atoms with Crippen LogP contribution in [0.3, 0.4) is 0 Å². The van der Waals surface area contributed by atoms with Crippen LogP contribution in [0.15, 0.2) is 29.2 Å². The standard InChI is InChI=1S/C16H21N3O2S.ClH/c17-11-14-2-1-3-16(10-14)22(20,21)19-8-6-15(7-9-19)18-12-13-4-5-13;/h1-3,10,13,15,18H,4-9,12H2;1H. The summed E-state index contributed by atoms with van der Waals surface area (Å²) in [4.78, 5) is 0.218. The lowest BCUT2D eigenvalue weighted by Crippen LogP contribution is -2.45. The van der Waals surface area contributed by atoms with Gasteiger partial charge in [-0.1, -0.05) is 6.07 Å². The summed E-state index contributed by atoms with van der Waals surface area (Å²) in [7, 11) is -3.48. The number of benzene rings is 1. The van der Waals surface area contributed by atoms with E-state index in [9.17, 15) is 8.42 Å². The van der Waals surface area contributed by atoms with Crippen LogP contribution in [0.4, 0.5) is 0 Å². The number of nitriles is 1. The molecule has 3 rings (SSSR count). The minimum atomic E-state index is -3.48. The van der Waals surface area contributed by atoms with Crippen molar-refractivity contribution in [3.63, 3.8) is 0 Å². The first-order valence-electron chi connectivity index (χ1n) is 7.83. The second-order valence-corrected chi connectivity index (χ2v) is 8.11. The number of rotatable bonds is 5. The second-order valence-electron chi connectivity index (χ2n) is 6.17. The van der Waals surface area contributed by atoms with Crippen LogP contribution >= 0.6 is 12.4 Å². The highest BCUT2D eigenvalue weighted by atomic mass is 35.5. The molecule has 1 aromatic rings. The highest BCUT2D eigenvalue weighted by molar-refractivity contribution is 7.89. The lowest BCUT2D eigenvalue weighted by atomic mass is 10.1. The Morgan fingerprint density at radius 3 is 2.52 bits per heavy atom. The van der Waals surface area contributed by atoms with Crippen molar-refractivity contribution in [3.8, 4) is 6.07 Å². The molecular formula is C16H22ClN3O2S. The summed E-state index contributed by atoms with van der Waals surface area (Å²) in [6.45, 7) is 2.16. The molecule has 0 atom stereocenters. The normalized spacial score (nSPS) is 19.8. The maximum absolute atomic E-state index is 12.6. The maximum Gasteiger partial charge on any atom is 0.243 e. The van der Waals surface area contributed by atoms with Gasteiger partial charge in [0.1, 0.15) is 0 Å². The first-order valence-corrected chi connectivity index (χ1v) is 9.27. The minimum Gasteiger partial charge on any atom is -0.314 e. The van der Waals surface area contributed by atoms with Gasteiger partial charge in [0.15, 0.2) is 0 Å². The van der Waals surface area contributed by atoms with Gasteiger partial charge in [-0.15, -0.1) is 12.4 Å². The summed E-state index contributed by atoms with van der Waals surface area (Å²) in [5.41, 5.74) is 0.377. The van der Waals surface area contributed by atoms with Gasteiger partial charge in [-0.2, -0.15) is 9.57 Å². The van der Waals surface area contributed by atoms with E-state index < -0.39 is 10.0 Å². The van der Waals surface area contributed by atoms with Gasteiger partial charge in [0.2, 0.25) is 10.0 Å². The fraction of sp³-hybridized carbons (Fsp3) is 0.562. The van der Waals surface area contributed by atoms with E-state index in [2.05, 4.69) is 5.32 Å². The number of nitrogens with zero attached hydrogens (tertiary/aromatic N) is 2. The van der Waals surface area contributed by atoms with Gasteiger partial charge in [0, 0.05) is 19.1 Å². The summed E-state index contributed by atoms with van der Waals surface area (Å²) in [6, 6.07) is 8.67. The Morgan fingerprint density at radius 2 is 1.91 bits per heavy atom. The predicted molar refractivity (Wildman–Crippen MR) is 90.9 cm³/mol. The summed E-state index contributed by atoms with van der Waals surface area (Å²) in [5.74, 6) is 0.843. The van der Waals surface area contributed by atoms with Crippen LogP contribution in [0.25, 0.3) is 0 Å². The summed E-state index contributed by atoms with van der Waals surface area (Å²) in [6.07, 6.45) is 4.36. The van der Waals surface area contributed by atoms with Gasteiger partial charge in [-0.3, -0.25) is 0 Å². The van der Waals surface area contributed by atoms with Crippen molar-refractivity contribution in [1.82, 2.24) is 9.62 Å². The van der Waals surface area contributed by atoms with Crippen LogP contribution in [0.2, 0.25) is 0 Å². The molecule has 2 aliphatic rings. The van der Waals surface area contributed by atoms with E-state index in [1.54, 1.807) is 22.5 Å².